The Bertz CT molecular complexity index is 4310. The number of amides is 9. The van der Waals surface area contributed by atoms with Gasteiger partial charge in [-0.2, -0.15) is 0 Å². The van der Waals surface area contributed by atoms with Gasteiger partial charge < -0.3 is 182 Å². The normalized spacial score (nSPS) is 25.9. The second-order valence-electron chi connectivity index (χ2n) is 35.7. The molecule has 57 heteroatoms. The smallest absolute Gasteiger partial charge is 0.407 e. The van der Waals surface area contributed by atoms with Crippen molar-refractivity contribution in [3.8, 4) is 0 Å². The molecule has 9 amide bonds. The molecule has 21 unspecified atom stereocenters. The van der Waals surface area contributed by atoms with Crippen LogP contribution in [-0.2, 0) is 128 Å². The molecule has 2 aromatic heterocycles. The standard InChI is InChI=1S/C88H147N23O34/c1-8-90-88(132)141-49-55-14-16-57(17-15-55)96-81(129)56(12-11-18-91-87(89)131)36-63(120)68(50(2)3)97-82(130)62(107(39-60-43-110(104-100-60)22-26-135-30-34-139-85-71(94-53(6)118)79(127)75(123)66(47-114)144-85)40-61-44-111(105-101-61)23-27-136-31-35-140-86-72(95-54(7)119)80(128)76(124)67(48-115)145-86)13-9-10-19-106(37-58-41-108(102-98-58)20-24-133-28-32-137-83-69(92-51(4)116)77(125)73(121)64(45-112)142-83)38-59-42-109(103-99-59)21-25-134-29-33-138-84-70(93-52(5)117)78(126)74(122)65(46-113)143-84/h14-17,41-44,50,56,62,64-80,83-86,98-99,102-103,112-115,121-128H,8-13,18-40,45-49H2,1-7H3,(H,90,132)(H,92,116)(H,93,117)(H,94,118)(H,95,119)(H,96,129)(H,97,130)(H3,89,91,131)/t56-,62?,64?,65?,66?,67?,68+,69?,70?,71?,72?,73?,74?,75?,76?,77?,78?,79?,80?,83?,84?,85?,86?/m1/s1. The highest BCUT2D eigenvalue weighted by Gasteiger charge is 2.50. The fourth-order valence-corrected chi connectivity index (χ4v) is 16.6. The highest BCUT2D eigenvalue weighted by molar-refractivity contribution is 5.98. The predicted molar refractivity (Wildman–Crippen MR) is 500 cm³/mol. The fourth-order valence-electron chi connectivity index (χ4n) is 16.6. The summed E-state index contributed by atoms with van der Waals surface area (Å²) in [5.74, 6) is -5.41. The summed E-state index contributed by atoms with van der Waals surface area (Å²) < 4.78 is 78.1. The molecule has 0 spiro atoms. The van der Waals surface area contributed by atoms with Crippen LogP contribution in [0.1, 0.15) is 104 Å². The van der Waals surface area contributed by atoms with Crippen LogP contribution in [0.15, 0.2) is 60.5 Å². The van der Waals surface area contributed by atoms with E-state index < -0.39 is 226 Å². The number of aromatic nitrogens is 6. The quantitative estimate of drug-likeness (QED) is 0.0233. The van der Waals surface area contributed by atoms with Gasteiger partial charge in [0.25, 0.3) is 0 Å². The van der Waals surface area contributed by atoms with Crippen molar-refractivity contribution < 1.29 is 166 Å². The predicted octanol–water partition coefficient (Wildman–Crippen LogP) is -10.00. The van der Waals surface area contributed by atoms with Crippen molar-refractivity contribution in [2.45, 2.75) is 254 Å². The number of carbonyl (C=O) groups excluding carboxylic acids is 9. The minimum atomic E-state index is -1.55. The first-order chi connectivity index (χ1) is 69.6. The van der Waals surface area contributed by atoms with E-state index in [1.165, 1.54) is 37.1 Å². The first-order valence-electron chi connectivity index (χ1n) is 48.3. The third kappa shape index (κ3) is 38.6. The van der Waals surface area contributed by atoms with E-state index in [0.717, 1.165) is 0 Å². The van der Waals surface area contributed by atoms with Gasteiger partial charge in [-0.15, -0.1) is 21.3 Å². The summed E-state index contributed by atoms with van der Waals surface area (Å²) in [5, 5.41) is 167. The Kier molecular flexibility index (Phi) is 50.5. The maximum atomic E-state index is 16.1. The van der Waals surface area contributed by atoms with Gasteiger partial charge in [0.1, 0.15) is 104 Å². The molecule has 3 aromatic rings. The lowest BCUT2D eigenvalue weighted by atomic mass is 9.89. The molecule has 0 aliphatic carbocycles. The molecule has 8 heterocycles. The number of nitrogens with one attached hydrogen (secondary N) is 12. The number of hydrazine groups is 4. The van der Waals surface area contributed by atoms with Crippen LogP contribution in [0.3, 0.4) is 0 Å². The number of ketones is 1. The number of primary amides is 1. The molecular weight excluding hydrogens is 1920 g/mol. The van der Waals surface area contributed by atoms with Crippen molar-refractivity contribution in [3.63, 3.8) is 0 Å². The van der Waals surface area contributed by atoms with Crippen molar-refractivity contribution in [3.05, 3.63) is 77.4 Å². The van der Waals surface area contributed by atoms with E-state index in [9.17, 15) is 94.8 Å². The van der Waals surface area contributed by atoms with Crippen molar-refractivity contribution in [1.82, 2.24) is 109 Å². The average molecular weight is 2070 g/mol. The zero-order valence-electron chi connectivity index (χ0n) is 82.4. The molecule has 0 radical (unpaired) electrons. The highest BCUT2D eigenvalue weighted by Crippen LogP contribution is 2.30. The molecule has 145 heavy (non-hydrogen) atoms. The number of aliphatic hydroxyl groups excluding tert-OH is 12. The molecule has 6 aliphatic heterocycles. The summed E-state index contributed by atoms with van der Waals surface area (Å²) in [4.78, 5) is 122. The van der Waals surface area contributed by atoms with Crippen molar-refractivity contribution in [1.29, 1.82) is 0 Å². The van der Waals surface area contributed by atoms with E-state index in [-0.39, 0.29) is 157 Å². The molecule has 57 nitrogen and oxygen atoms in total. The summed E-state index contributed by atoms with van der Waals surface area (Å²) in [6, 6.07) is -1.35. The number of urea groups is 1. The topological polar surface area (TPSA) is 761 Å². The van der Waals surface area contributed by atoms with Crippen LogP contribution in [0.25, 0.3) is 0 Å². The molecule has 0 saturated carbocycles. The summed E-state index contributed by atoms with van der Waals surface area (Å²) in [7, 11) is 0. The number of Topliss-reactive ketones (excluding diaryl/α,β-unsaturated/α-hetero) is 1. The molecule has 9 rings (SSSR count). The van der Waals surface area contributed by atoms with E-state index in [0.29, 0.717) is 73.1 Å². The molecule has 6 aliphatic rings. The van der Waals surface area contributed by atoms with Crippen molar-refractivity contribution >= 4 is 59.0 Å². The van der Waals surface area contributed by atoms with Gasteiger partial charge in [-0.25, -0.2) is 19.0 Å². The number of alkyl carbamates (subject to hydrolysis) is 1. The van der Waals surface area contributed by atoms with Gasteiger partial charge in [-0.3, -0.25) is 53.4 Å². The zero-order chi connectivity index (χ0) is 105. The van der Waals surface area contributed by atoms with Crippen LogP contribution in [0, 0.1) is 11.8 Å². The van der Waals surface area contributed by atoms with Gasteiger partial charge in [-0.1, -0.05) is 42.8 Å². The molecule has 23 atom stereocenters. The summed E-state index contributed by atoms with van der Waals surface area (Å²) in [5.41, 5.74) is 21.3. The van der Waals surface area contributed by atoms with Gasteiger partial charge in [0.15, 0.2) is 30.9 Å². The Balaban J connectivity index is 0.970. The van der Waals surface area contributed by atoms with E-state index in [1.54, 1.807) is 67.4 Å². The second-order valence-corrected chi connectivity index (χ2v) is 35.7. The Hall–Kier alpha value is -9.91. The third-order valence-corrected chi connectivity index (χ3v) is 24.0. The van der Waals surface area contributed by atoms with Crippen LogP contribution in [0.2, 0.25) is 0 Å². The maximum absolute atomic E-state index is 16.1. The van der Waals surface area contributed by atoms with E-state index >= 15 is 9.59 Å². The number of rotatable bonds is 65. The summed E-state index contributed by atoms with van der Waals surface area (Å²) in [6.45, 7) is 9.39. The molecule has 4 saturated heterocycles. The number of aliphatic hydroxyl groups is 12. The first-order valence-corrected chi connectivity index (χ1v) is 48.3. The van der Waals surface area contributed by atoms with Crippen LogP contribution in [0.5, 0.6) is 0 Å². The van der Waals surface area contributed by atoms with Crippen molar-refractivity contribution in [2.75, 3.05) is 157 Å². The van der Waals surface area contributed by atoms with Gasteiger partial charge in [-0.05, 0) is 62.8 Å². The summed E-state index contributed by atoms with van der Waals surface area (Å²) in [6.07, 6.45) is -15.0. The number of hydrogen-bond donors (Lipinski definition) is 25. The second kappa shape index (κ2) is 61.8. The highest BCUT2D eigenvalue weighted by atomic mass is 16.7. The zero-order valence-corrected chi connectivity index (χ0v) is 82.4. The number of benzene rings is 1. The van der Waals surface area contributed by atoms with Gasteiger partial charge in [0.05, 0.1) is 167 Å². The number of anilines is 1. The van der Waals surface area contributed by atoms with Crippen molar-refractivity contribution in [2.24, 2.45) is 17.6 Å². The Labute approximate surface area is 837 Å². The van der Waals surface area contributed by atoms with Crippen LogP contribution in [0.4, 0.5) is 15.3 Å². The monoisotopic (exact) mass is 2070 g/mol. The first kappa shape index (κ1) is 119. The van der Waals surface area contributed by atoms with E-state index in [2.05, 4.69) is 90.0 Å². The molecule has 26 N–H and O–H groups in total. The Morgan fingerprint density at radius 1 is 0.490 bits per heavy atom. The largest absolute Gasteiger partial charge is 0.445 e. The van der Waals surface area contributed by atoms with E-state index in [4.69, 9.17) is 67.3 Å². The average Bonchev–Trinajstić information content (AvgIpc) is 1.77. The molecule has 4 fully saturated rings. The third-order valence-electron chi connectivity index (χ3n) is 24.0. The molecule has 818 valence electrons. The summed E-state index contributed by atoms with van der Waals surface area (Å²) >= 11 is 0. The van der Waals surface area contributed by atoms with Crippen LogP contribution < -0.4 is 70.2 Å². The Morgan fingerprint density at radius 3 is 1.26 bits per heavy atom. The van der Waals surface area contributed by atoms with Gasteiger partial charge >= 0.3 is 12.1 Å². The van der Waals surface area contributed by atoms with Gasteiger partial charge in [0, 0.05) is 110 Å². The lowest BCUT2D eigenvalue weighted by Gasteiger charge is -2.42. The minimum Gasteiger partial charge on any atom is -0.445 e. The molecular formula is C88H147N23O34. The number of unbranched alkanes of at least 4 members (excludes halogenated alkanes) is 1. The van der Waals surface area contributed by atoms with Gasteiger partial charge in [0.2, 0.25) is 35.4 Å². The fraction of sp³-hybridized carbons (Fsp3) is 0.739. The number of ether oxygens (including phenoxy) is 13. The number of carbonyl (C=O) groups is 9. The molecule has 0 bridgehead atoms. The number of hydrogen-bond acceptors (Lipinski definition) is 46. The van der Waals surface area contributed by atoms with Crippen LogP contribution in [-0.4, -0.2) is 451 Å². The van der Waals surface area contributed by atoms with Crippen LogP contribution >= 0.6 is 0 Å². The number of nitrogens with two attached hydrogens (primary N) is 1. The maximum Gasteiger partial charge on any atom is 0.407 e. The molecule has 1 aromatic carbocycles. The Morgan fingerprint density at radius 2 is 0.890 bits per heavy atom. The minimum absolute atomic E-state index is 0.0288. The van der Waals surface area contributed by atoms with E-state index in [1.807, 2.05) is 17.3 Å². The lowest BCUT2D eigenvalue weighted by molar-refractivity contribution is -0.272. The SMILES string of the molecule is CCNC(=O)OCc1ccc(NC(=O)[C@H](CCCNC(N)=O)CC(=O)[C@@H](NC(=O)C(CCCCN(CC2=CN(CCOCCOC3OC(CO)C(O)C(O)C3NC(C)=O)NN2)CC2=CN(CCOCCOC3OC(CO)C(O)C(O)C3NC(C)=O)NN2)N(Cc2cn(CCOCCOC3OC(CO)C(O)C(O)C3NC(C)=O)nn2)Cc2cn(CCOCCOC3OC(CO)C(O)C(O)C3NC(C)=O)nn2)C(C)C)cc1. The number of nitrogens with zero attached hydrogens (tertiary/aromatic N) is 10. The lowest BCUT2D eigenvalue weighted by Crippen LogP contribution is -2.64.